The smallest absolute Gasteiger partial charge is 0.422 e. The van der Waals surface area contributed by atoms with Crippen LogP contribution >= 0.6 is 15.9 Å². The lowest BCUT2D eigenvalue weighted by Crippen LogP contribution is -2.15. The number of rotatable bonds is 4. The maximum atomic E-state index is 11.9. The van der Waals surface area contributed by atoms with Gasteiger partial charge in [0.2, 0.25) is 0 Å². The fraction of sp³-hybridized carbons (Fsp3) is 0.385. The van der Waals surface area contributed by atoms with Crippen molar-refractivity contribution in [3.05, 3.63) is 40.1 Å². The molecule has 1 rings (SSSR count). The summed E-state index contributed by atoms with van der Waals surface area (Å²) in [7, 11) is 0. The lowest BCUT2D eigenvalue weighted by molar-refractivity contribution is -0.162. The van der Waals surface area contributed by atoms with Gasteiger partial charge in [-0.15, -0.1) is 0 Å². The van der Waals surface area contributed by atoms with Crippen molar-refractivity contribution in [2.24, 2.45) is 0 Å². The molecule has 0 aliphatic carbocycles. The molecule has 0 saturated heterocycles. The zero-order valence-corrected chi connectivity index (χ0v) is 11.7. The Morgan fingerprint density at radius 3 is 2.28 bits per heavy atom. The molecule has 1 aromatic carbocycles. The molecule has 0 N–H and O–H groups in total. The Bertz CT molecular complexity index is 407. The number of hydrogen-bond acceptors (Lipinski definition) is 1. The fourth-order valence-electron chi connectivity index (χ4n) is 1.30. The van der Waals surface area contributed by atoms with Gasteiger partial charge in [-0.2, -0.15) is 13.2 Å². The maximum absolute atomic E-state index is 11.9. The summed E-state index contributed by atoms with van der Waals surface area (Å²) in [5.74, 6) is 0.424. The summed E-state index contributed by atoms with van der Waals surface area (Å²) >= 11 is 2.95. The average molecular weight is 323 g/mol. The summed E-state index contributed by atoms with van der Waals surface area (Å²) < 4.78 is 40.4. The van der Waals surface area contributed by atoms with Crippen LogP contribution in [0, 0.1) is 0 Å². The molecule has 0 fully saturated rings. The van der Waals surface area contributed by atoms with E-state index >= 15 is 0 Å². The van der Waals surface area contributed by atoms with E-state index in [1.807, 2.05) is 24.3 Å². The highest BCUT2D eigenvalue weighted by Crippen LogP contribution is 2.21. The number of ether oxygens (including phenoxy) is 1. The van der Waals surface area contributed by atoms with Crippen LogP contribution in [0.4, 0.5) is 13.2 Å². The number of halogens is 4. The highest BCUT2D eigenvalue weighted by Gasteiger charge is 2.28. The third-order valence-corrected chi connectivity index (χ3v) is 2.71. The van der Waals surface area contributed by atoms with Crippen molar-refractivity contribution in [3.63, 3.8) is 0 Å². The predicted octanol–water partition coefficient (Wildman–Crippen LogP) is 5.08. The molecule has 5 heteroatoms. The second kappa shape index (κ2) is 6.27. The molecule has 100 valence electrons. The van der Waals surface area contributed by atoms with E-state index in [0.29, 0.717) is 5.92 Å². The minimum absolute atomic E-state index is 0.0668. The first-order chi connectivity index (χ1) is 8.28. The second-order valence-electron chi connectivity index (χ2n) is 4.17. The number of hydrogen-bond donors (Lipinski definition) is 0. The van der Waals surface area contributed by atoms with Gasteiger partial charge in [-0.25, -0.2) is 0 Å². The van der Waals surface area contributed by atoms with E-state index in [1.54, 1.807) is 0 Å². The Balaban J connectivity index is 2.65. The van der Waals surface area contributed by atoms with Crippen LogP contribution in [0.1, 0.15) is 30.9 Å². The van der Waals surface area contributed by atoms with Gasteiger partial charge in [0.1, 0.15) is 0 Å². The molecule has 0 radical (unpaired) electrons. The molecule has 0 atom stereocenters. The monoisotopic (exact) mass is 322 g/mol. The van der Waals surface area contributed by atoms with Gasteiger partial charge in [0.05, 0.1) is 0 Å². The molecule has 0 aromatic heterocycles. The van der Waals surface area contributed by atoms with Crippen LogP contribution in [-0.2, 0) is 4.74 Å². The lowest BCUT2D eigenvalue weighted by Gasteiger charge is -2.08. The number of benzene rings is 1. The summed E-state index contributed by atoms with van der Waals surface area (Å²) in [5, 5.41) is 0. The summed E-state index contributed by atoms with van der Waals surface area (Å²) in [6.45, 7) is 2.86. The Labute approximate surface area is 113 Å². The molecular weight excluding hydrogens is 309 g/mol. The molecule has 0 heterocycles. The predicted molar refractivity (Wildman–Crippen MR) is 69.4 cm³/mol. The molecule has 0 amide bonds. The van der Waals surface area contributed by atoms with Crippen molar-refractivity contribution >= 4 is 22.0 Å². The van der Waals surface area contributed by atoms with Gasteiger partial charge >= 0.3 is 6.18 Å². The molecule has 1 nitrogen and oxygen atoms in total. The Morgan fingerprint density at radius 1 is 1.28 bits per heavy atom. The molecule has 0 aliphatic rings. The van der Waals surface area contributed by atoms with Crippen LogP contribution in [0.2, 0.25) is 0 Å². The van der Waals surface area contributed by atoms with Crippen LogP contribution in [0.3, 0.4) is 0 Å². The first kappa shape index (κ1) is 15.1. The van der Waals surface area contributed by atoms with Crippen molar-refractivity contribution in [2.75, 3.05) is 6.61 Å². The Morgan fingerprint density at radius 2 is 1.83 bits per heavy atom. The third kappa shape index (κ3) is 5.58. The standard InChI is InChI=1S/C13H14BrF3O/c1-9(2)11-5-3-10(4-6-11)7-12(14)18-8-13(15,16)17/h3-7,9H,8H2,1-2H3/b12-7+. The molecule has 0 bridgehead atoms. The SMILES string of the molecule is CC(C)c1ccc(/C=C(\Br)OCC(F)(F)F)cc1. The third-order valence-electron chi connectivity index (χ3n) is 2.26. The lowest BCUT2D eigenvalue weighted by atomic mass is 10.0. The van der Waals surface area contributed by atoms with Crippen molar-refractivity contribution < 1.29 is 17.9 Å². The molecular formula is C13H14BrF3O. The molecule has 18 heavy (non-hydrogen) atoms. The van der Waals surface area contributed by atoms with Crippen molar-refractivity contribution in [3.8, 4) is 0 Å². The second-order valence-corrected chi connectivity index (χ2v) is 4.96. The fourth-order valence-corrected chi connectivity index (χ4v) is 1.68. The Hall–Kier alpha value is -0.970. The minimum atomic E-state index is -4.33. The van der Waals surface area contributed by atoms with Gasteiger partial charge in [-0.1, -0.05) is 38.1 Å². The quantitative estimate of drug-likeness (QED) is 0.702. The van der Waals surface area contributed by atoms with Gasteiger partial charge in [0, 0.05) is 0 Å². The van der Waals surface area contributed by atoms with Gasteiger partial charge in [-0.05, 0) is 39.1 Å². The van der Waals surface area contributed by atoms with Crippen molar-refractivity contribution in [1.29, 1.82) is 0 Å². The largest absolute Gasteiger partial charge is 0.477 e. The Kier molecular flexibility index (Phi) is 5.26. The van der Waals surface area contributed by atoms with Gasteiger partial charge in [0.15, 0.2) is 11.3 Å². The summed E-state index contributed by atoms with van der Waals surface area (Å²) in [6, 6.07) is 7.57. The topological polar surface area (TPSA) is 9.23 Å². The normalized spacial score (nSPS) is 12.9. The van der Waals surface area contributed by atoms with Gasteiger partial charge < -0.3 is 4.74 Å². The molecule has 0 aliphatic heterocycles. The van der Waals surface area contributed by atoms with Crippen molar-refractivity contribution in [2.45, 2.75) is 25.9 Å². The van der Waals surface area contributed by atoms with E-state index in [4.69, 9.17) is 0 Å². The van der Waals surface area contributed by atoms with E-state index in [9.17, 15) is 13.2 Å². The molecule has 0 saturated carbocycles. The summed E-state index contributed by atoms with van der Waals surface area (Å²) in [6.07, 6.45) is -2.82. The maximum Gasteiger partial charge on any atom is 0.422 e. The van der Waals surface area contributed by atoms with E-state index < -0.39 is 12.8 Å². The average Bonchev–Trinajstić information content (AvgIpc) is 2.26. The molecule has 0 unspecified atom stereocenters. The number of alkyl halides is 3. The zero-order valence-electron chi connectivity index (χ0n) is 10.1. The van der Waals surface area contributed by atoms with E-state index in [1.165, 1.54) is 11.6 Å². The summed E-state index contributed by atoms with van der Waals surface area (Å²) in [4.78, 5) is 0. The highest BCUT2D eigenvalue weighted by atomic mass is 79.9. The van der Waals surface area contributed by atoms with Crippen molar-refractivity contribution in [1.82, 2.24) is 0 Å². The highest BCUT2D eigenvalue weighted by molar-refractivity contribution is 9.11. The first-order valence-corrected chi connectivity index (χ1v) is 6.24. The minimum Gasteiger partial charge on any atom is -0.477 e. The van der Waals surface area contributed by atoms with Crippen LogP contribution in [0.15, 0.2) is 28.9 Å². The molecule has 1 aromatic rings. The summed E-state index contributed by atoms with van der Waals surface area (Å²) in [5.41, 5.74) is 1.97. The first-order valence-electron chi connectivity index (χ1n) is 5.44. The van der Waals surface area contributed by atoms with Gasteiger partial charge in [0.25, 0.3) is 0 Å². The van der Waals surface area contributed by atoms with E-state index in [0.717, 1.165) is 5.56 Å². The zero-order chi connectivity index (χ0) is 13.8. The van der Waals surface area contributed by atoms with Crippen LogP contribution in [0.25, 0.3) is 6.08 Å². The molecule has 0 spiro atoms. The van der Waals surface area contributed by atoms with Crippen LogP contribution in [0.5, 0.6) is 0 Å². The van der Waals surface area contributed by atoms with Crippen LogP contribution < -0.4 is 0 Å². The van der Waals surface area contributed by atoms with E-state index in [2.05, 4.69) is 34.5 Å². The van der Waals surface area contributed by atoms with Gasteiger partial charge in [-0.3, -0.25) is 0 Å². The van der Waals surface area contributed by atoms with E-state index in [-0.39, 0.29) is 4.67 Å². The van der Waals surface area contributed by atoms with Crippen LogP contribution in [-0.4, -0.2) is 12.8 Å².